The topological polar surface area (TPSA) is 82.6 Å². The van der Waals surface area contributed by atoms with Crippen LogP contribution in [0.5, 0.6) is 0 Å². The second-order valence-electron chi connectivity index (χ2n) is 4.93. The van der Waals surface area contributed by atoms with Gasteiger partial charge in [-0.25, -0.2) is 9.78 Å². The van der Waals surface area contributed by atoms with Gasteiger partial charge in [-0.3, -0.25) is 4.18 Å². The molecule has 0 N–H and O–H groups in total. The van der Waals surface area contributed by atoms with Crippen molar-refractivity contribution in [3.05, 3.63) is 62.8 Å². The zero-order valence-electron chi connectivity index (χ0n) is 13.2. The largest absolute Gasteiger partial charge is 0.461 e. The number of pyridine rings is 1. The maximum absolute atomic E-state index is 12.1. The van der Waals surface area contributed by atoms with E-state index in [2.05, 4.69) is 20.9 Å². The van der Waals surface area contributed by atoms with E-state index in [0.717, 1.165) is 0 Å². The minimum atomic E-state index is -3.80. The van der Waals surface area contributed by atoms with E-state index in [9.17, 15) is 13.2 Å². The van der Waals surface area contributed by atoms with Crippen molar-refractivity contribution in [2.24, 2.45) is 0 Å². The third kappa shape index (κ3) is 5.78. The van der Waals surface area contributed by atoms with Gasteiger partial charge in [0, 0.05) is 4.47 Å². The fourth-order valence-electron chi connectivity index (χ4n) is 1.93. The van der Waals surface area contributed by atoms with Crippen molar-refractivity contribution in [1.82, 2.24) is 4.98 Å². The van der Waals surface area contributed by atoms with E-state index in [1.165, 1.54) is 6.07 Å². The maximum Gasteiger partial charge on any atom is 0.358 e. The molecule has 25 heavy (non-hydrogen) atoms. The molecule has 0 aliphatic heterocycles. The molecule has 0 atom stereocenters. The molecule has 1 aromatic heterocycles. The smallest absolute Gasteiger partial charge is 0.358 e. The van der Waals surface area contributed by atoms with Crippen molar-refractivity contribution in [2.75, 3.05) is 6.61 Å². The van der Waals surface area contributed by atoms with Crippen LogP contribution in [0.2, 0.25) is 5.02 Å². The number of nitrogens with zero attached hydrogens (tertiary/aromatic N) is 1. The molecule has 0 saturated carbocycles. The van der Waals surface area contributed by atoms with E-state index < -0.39 is 16.1 Å². The summed E-state index contributed by atoms with van der Waals surface area (Å²) in [5.74, 6) is -0.949. The number of rotatable bonds is 7. The molecule has 0 bridgehead atoms. The van der Waals surface area contributed by atoms with Crippen molar-refractivity contribution >= 4 is 43.6 Å². The van der Waals surface area contributed by atoms with Gasteiger partial charge in [0.25, 0.3) is 10.1 Å². The first kappa shape index (κ1) is 19.8. The molecular weight excluding hydrogens is 434 g/mol. The standard InChI is InChI=1S/C16H15BrClNO5S/c1-2-23-16(20)15-14(18)13(17)8-12(19-15)9-24-25(21,22)10-11-6-4-3-5-7-11/h3-8H,2,9-10H2,1H3. The highest BCUT2D eigenvalue weighted by atomic mass is 79.9. The minimum absolute atomic E-state index is 0.0920. The van der Waals surface area contributed by atoms with Gasteiger partial charge in [0.2, 0.25) is 0 Å². The zero-order valence-corrected chi connectivity index (χ0v) is 16.4. The summed E-state index contributed by atoms with van der Waals surface area (Å²) in [5, 5.41) is 0.0920. The number of benzene rings is 1. The van der Waals surface area contributed by atoms with Gasteiger partial charge < -0.3 is 4.74 Å². The molecule has 0 unspecified atom stereocenters. The number of aromatic nitrogens is 1. The molecule has 134 valence electrons. The average Bonchev–Trinajstić information content (AvgIpc) is 2.56. The van der Waals surface area contributed by atoms with Crippen molar-refractivity contribution in [3.63, 3.8) is 0 Å². The Morgan fingerprint density at radius 2 is 1.96 bits per heavy atom. The number of hydrogen-bond donors (Lipinski definition) is 0. The van der Waals surface area contributed by atoms with E-state index in [4.69, 9.17) is 20.5 Å². The van der Waals surface area contributed by atoms with Gasteiger partial charge in [0.05, 0.1) is 17.3 Å². The van der Waals surface area contributed by atoms with Crippen LogP contribution < -0.4 is 0 Å². The van der Waals surface area contributed by atoms with Crippen LogP contribution >= 0.6 is 27.5 Å². The summed E-state index contributed by atoms with van der Waals surface area (Å²) in [6.45, 7) is 1.50. The molecule has 1 aromatic carbocycles. The van der Waals surface area contributed by atoms with Crippen molar-refractivity contribution < 1.29 is 22.1 Å². The van der Waals surface area contributed by atoms with Gasteiger partial charge in [0.15, 0.2) is 5.69 Å². The molecule has 0 aliphatic rings. The summed E-state index contributed by atoms with van der Waals surface area (Å²) in [7, 11) is -3.80. The predicted molar refractivity (Wildman–Crippen MR) is 96.8 cm³/mol. The zero-order chi connectivity index (χ0) is 18.4. The first-order valence-electron chi connectivity index (χ1n) is 7.25. The summed E-state index contributed by atoms with van der Waals surface area (Å²) in [5.41, 5.74) is 0.743. The number of ether oxygens (including phenoxy) is 1. The molecule has 6 nitrogen and oxygen atoms in total. The van der Waals surface area contributed by atoms with Gasteiger partial charge in [-0.05, 0) is 34.5 Å². The summed E-state index contributed by atoms with van der Waals surface area (Å²) in [6.07, 6.45) is 0. The van der Waals surface area contributed by atoms with Crippen LogP contribution in [0, 0.1) is 0 Å². The Kier molecular flexibility index (Phi) is 6.95. The summed E-state index contributed by atoms with van der Waals surface area (Å²) < 4.78 is 34.4. The molecule has 0 spiro atoms. The van der Waals surface area contributed by atoms with Crippen LogP contribution in [0.4, 0.5) is 0 Å². The number of halogens is 2. The number of carbonyl (C=O) groups excluding carboxylic acids is 1. The lowest BCUT2D eigenvalue weighted by molar-refractivity contribution is 0.0519. The van der Waals surface area contributed by atoms with Gasteiger partial charge in [-0.15, -0.1) is 0 Å². The lowest BCUT2D eigenvalue weighted by Gasteiger charge is -2.09. The molecule has 2 rings (SSSR count). The first-order valence-corrected chi connectivity index (χ1v) is 10.0. The number of carbonyl (C=O) groups is 1. The Balaban J connectivity index is 2.13. The summed E-state index contributed by atoms with van der Waals surface area (Å²) >= 11 is 9.23. The van der Waals surface area contributed by atoms with Gasteiger partial charge in [-0.1, -0.05) is 41.9 Å². The van der Waals surface area contributed by atoms with Gasteiger partial charge in [0.1, 0.15) is 12.4 Å². The Morgan fingerprint density at radius 3 is 2.60 bits per heavy atom. The van der Waals surface area contributed by atoms with Crippen molar-refractivity contribution in [3.8, 4) is 0 Å². The third-order valence-electron chi connectivity index (χ3n) is 3.01. The van der Waals surface area contributed by atoms with Crippen LogP contribution in [0.1, 0.15) is 28.7 Å². The SMILES string of the molecule is CCOC(=O)c1nc(COS(=O)(=O)Cc2ccccc2)cc(Br)c1Cl. The van der Waals surface area contributed by atoms with Crippen LogP contribution in [0.3, 0.4) is 0 Å². The lowest BCUT2D eigenvalue weighted by Crippen LogP contribution is -2.13. The summed E-state index contributed by atoms with van der Waals surface area (Å²) in [4.78, 5) is 15.9. The number of esters is 1. The molecule has 0 fully saturated rings. The van der Waals surface area contributed by atoms with Crippen molar-refractivity contribution in [1.29, 1.82) is 0 Å². The highest BCUT2D eigenvalue weighted by molar-refractivity contribution is 9.10. The Hall–Kier alpha value is -1.48. The fourth-order valence-corrected chi connectivity index (χ4v) is 3.54. The summed E-state index contributed by atoms with van der Waals surface area (Å²) in [6, 6.07) is 10.2. The Morgan fingerprint density at radius 1 is 1.28 bits per heavy atom. The second kappa shape index (κ2) is 8.75. The van der Waals surface area contributed by atoms with E-state index in [0.29, 0.717) is 10.0 Å². The third-order valence-corrected chi connectivity index (χ3v) is 5.41. The van der Waals surface area contributed by atoms with E-state index in [1.54, 1.807) is 37.3 Å². The molecule has 0 amide bonds. The average molecular weight is 449 g/mol. The van der Waals surface area contributed by atoms with Crippen LogP contribution in [0.15, 0.2) is 40.9 Å². The second-order valence-corrected chi connectivity index (χ2v) is 7.80. The molecular formula is C16H15BrClNO5S. The minimum Gasteiger partial charge on any atom is -0.461 e. The van der Waals surface area contributed by atoms with Gasteiger partial charge in [-0.2, -0.15) is 8.42 Å². The van der Waals surface area contributed by atoms with Crippen molar-refractivity contribution in [2.45, 2.75) is 19.3 Å². The van der Waals surface area contributed by atoms with E-state index in [-0.39, 0.29) is 35.4 Å². The molecule has 0 aliphatic carbocycles. The fraction of sp³-hybridized carbons (Fsp3) is 0.250. The molecule has 9 heteroatoms. The maximum atomic E-state index is 12.1. The van der Waals surface area contributed by atoms with E-state index in [1.807, 2.05) is 0 Å². The number of hydrogen-bond acceptors (Lipinski definition) is 6. The molecule has 1 heterocycles. The van der Waals surface area contributed by atoms with Crippen LogP contribution in [-0.2, 0) is 31.4 Å². The Labute approximate surface area is 159 Å². The Bertz CT molecular complexity index is 858. The molecule has 0 saturated heterocycles. The molecule has 0 radical (unpaired) electrons. The highest BCUT2D eigenvalue weighted by Gasteiger charge is 2.19. The normalized spacial score (nSPS) is 11.3. The first-order chi connectivity index (χ1) is 11.8. The van der Waals surface area contributed by atoms with Crippen LogP contribution in [-0.4, -0.2) is 26.0 Å². The monoisotopic (exact) mass is 447 g/mol. The van der Waals surface area contributed by atoms with Gasteiger partial charge >= 0.3 is 5.97 Å². The van der Waals surface area contributed by atoms with E-state index >= 15 is 0 Å². The van der Waals surface area contributed by atoms with Crippen LogP contribution in [0.25, 0.3) is 0 Å². The predicted octanol–water partition coefficient (Wildman–Crippen LogP) is 3.72. The highest BCUT2D eigenvalue weighted by Crippen LogP contribution is 2.27. The lowest BCUT2D eigenvalue weighted by atomic mass is 10.2. The quantitative estimate of drug-likeness (QED) is 0.474. The molecule has 2 aromatic rings.